The molecule has 5 heteroatoms. The van der Waals surface area contributed by atoms with Gasteiger partial charge in [-0.2, -0.15) is 0 Å². The average molecular weight is 291 g/mol. The fourth-order valence-corrected chi connectivity index (χ4v) is 2.57. The maximum Gasteiger partial charge on any atom is 0.257 e. The number of hydrogen-bond donors (Lipinski definition) is 3. The molecule has 4 N–H and O–H groups in total. The zero-order valence-corrected chi connectivity index (χ0v) is 12.6. The standard InChI is InChI=1S/C16H25N3O2/c1-18-16(20)11-21-15-4-2-3-14(9-15)19-10-12-5-7-13(17)8-6-12/h2-4,9,12-13,19H,5-8,10-11,17H2,1H3,(H,18,20). The Morgan fingerprint density at radius 1 is 1.33 bits per heavy atom. The van der Waals surface area contributed by atoms with Crippen LogP contribution in [-0.4, -0.2) is 32.1 Å². The van der Waals surface area contributed by atoms with Gasteiger partial charge in [0.2, 0.25) is 0 Å². The van der Waals surface area contributed by atoms with Crippen molar-refractivity contribution >= 4 is 11.6 Å². The van der Waals surface area contributed by atoms with Crippen molar-refractivity contribution in [3.8, 4) is 5.75 Å². The van der Waals surface area contributed by atoms with E-state index in [1.165, 1.54) is 12.8 Å². The number of likely N-dealkylation sites (N-methyl/N-ethyl adjacent to an activating group) is 1. The van der Waals surface area contributed by atoms with Crippen molar-refractivity contribution in [2.45, 2.75) is 31.7 Å². The monoisotopic (exact) mass is 291 g/mol. The minimum absolute atomic E-state index is 0.0421. The third-order valence-corrected chi connectivity index (χ3v) is 3.97. The van der Waals surface area contributed by atoms with Crippen molar-refractivity contribution in [2.24, 2.45) is 11.7 Å². The fraction of sp³-hybridized carbons (Fsp3) is 0.562. The summed E-state index contributed by atoms with van der Waals surface area (Å²) >= 11 is 0. The second-order valence-corrected chi connectivity index (χ2v) is 5.65. The van der Waals surface area contributed by atoms with Gasteiger partial charge < -0.3 is 21.1 Å². The molecule has 0 atom stereocenters. The largest absolute Gasteiger partial charge is 0.484 e. The van der Waals surface area contributed by atoms with Crippen LogP contribution < -0.4 is 21.1 Å². The van der Waals surface area contributed by atoms with Crippen LogP contribution in [0.1, 0.15) is 25.7 Å². The molecule has 0 saturated heterocycles. The molecule has 1 saturated carbocycles. The van der Waals surface area contributed by atoms with E-state index in [4.69, 9.17) is 10.5 Å². The van der Waals surface area contributed by atoms with E-state index in [9.17, 15) is 4.79 Å². The lowest BCUT2D eigenvalue weighted by molar-refractivity contribution is -0.122. The lowest BCUT2D eigenvalue weighted by atomic mass is 9.86. The Kier molecular flexibility index (Phi) is 5.87. The molecule has 1 aromatic rings. The predicted molar refractivity (Wildman–Crippen MR) is 84.4 cm³/mol. The van der Waals surface area contributed by atoms with Crippen LogP contribution in [0.15, 0.2) is 24.3 Å². The highest BCUT2D eigenvalue weighted by atomic mass is 16.5. The molecule has 2 rings (SSSR count). The highest BCUT2D eigenvalue weighted by Crippen LogP contribution is 2.24. The summed E-state index contributed by atoms with van der Waals surface area (Å²) in [4.78, 5) is 11.2. The highest BCUT2D eigenvalue weighted by Gasteiger charge is 2.18. The van der Waals surface area contributed by atoms with Crippen LogP contribution >= 0.6 is 0 Å². The highest BCUT2D eigenvalue weighted by molar-refractivity contribution is 5.77. The van der Waals surface area contributed by atoms with Crippen molar-refractivity contribution in [3.63, 3.8) is 0 Å². The van der Waals surface area contributed by atoms with Gasteiger partial charge in [0.15, 0.2) is 6.61 Å². The molecule has 21 heavy (non-hydrogen) atoms. The number of nitrogens with one attached hydrogen (secondary N) is 2. The molecule has 0 spiro atoms. The summed E-state index contributed by atoms with van der Waals surface area (Å²) in [5.41, 5.74) is 6.95. The predicted octanol–water partition coefficient (Wildman–Crippen LogP) is 1.74. The third-order valence-electron chi connectivity index (χ3n) is 3.97. The van der Waals surface area contributed by atoms with Crippen LogP contribution in [0.4, 0.5) is 5.69 Å². The van der Waals surface area contributed by atoms with Gasteiger partial charge in [-0.25, -0.2) is 0 Å². The lowest BCUT2D eigenvalue weighted by Gasteiger charge is -2.26. The molecule has 0 aliphatic heterocycles. The summed E-state index contributed by atoms with van der Waals surface area (Å²) in [6.45, 7) is 1.01. The molecule has 5 nitrogen and oxygen atoms in total. The van der Waals surface area contributed by atoms with E-state index in [1.54, 1.807) is 7.05 Å². The van der Waals surface area contributed by atoms with Crippen molar-refractivity contribution < 1.29 is 9.53 Å². The molecule has 1 aliphatic rings. The number of amides is 1. The van der Waals surface area contributed by atoms with Crippen LogP contribution in [0.5, 0.6) is 5.75 Å². The number of carbonyl (C=O) groups excluding carboxylic acids is 1. The van der Waals surface area contributed by atoms with Gasteiger partial charge in [-0.3, -0.25) is 4.79 Å². The normalized spacial score (nSPS) is 21.6. The topological polar surface area (TPSA) is 76.4 Å². The second kappa shape index (κ2) is 7.88. The smallest absolute Gasteiger partial charge is 0.257 e. The van der Waals surface area contributed by atoms with E-state index >= 15 is 0 Å². The number of nitrogens with two attached hydrogens (primary N) is 1. The Bertz CT molecular complexity index is 457. The first-order chi connectivity index (χ1) is 10.2. The third kappa shape index (κ3) is 5.27. The van der Waals surface area contributed by atoms with E-state index in [0.29, 0.717) is 17.7 Å². The maximum absolute atomic E-state index is 11.2. The van der Waals surface area contributed by atoms with Gasteiger partial charge in [0.1, 0.15) is 5.75 Å². The van der Waals surface area contributed by atoms with E-state index in [2.05, 4.69) is 10.6 Å². The van der Waals surface area contributed by atoms with Crippen LogP contribution in [0.25, 0.3) is 0 Å². The van der Waals surface area contributed by atoms with E-state index in [0.717, 1.165) is 25.1 Å². The van der Waals surface area contributed by atoms with Crippen molar-refractivity contribution in [2.75, 3.05) is 25.5 Å². The van der Waals surface area contributed by atoms with Gasteiger partial charge >= 0.3 is 0 Å². The zero-order valence-electron chi connectivity index (χ0n) is 12.6. The number of carbonyl (C=O) groups is 1. The Balaban J connectivity index is 1.79. The molecule has 1 amide bonds. The molecule has 1 fully saturated rings. The van der Waals surface area contributed by atoms with E-state index < -0.39 is 0 Å². The SMILES string of the molecule is CNC(=O)COc1cccc(NCC2CCC(N)CC2)c1. The Morgan fingerprint density at radius 3 is 2.81 bits per heavy atom. The molecule has 0 radical (unpaired) electrons. The molecule has 116 valence electrons. The van der Waals surface area contributed by atoms with Gasteiger partial charge in [0, 0.05) is 31.4 Å². The van der Waals surface area contributed by atoms with E-state index in [1.807, 2.05) is 24.3 Å². The Hall–Kier alpha value is -1.75. The van der Waals surface area contributed by atoms with Crippen molar-refractivity contribution in [3.05, 3.63) is 24.3 Å². The quantitative estimate of drug-likeness (QED) is 0.746. The fourth-order valence-electron chi connectivity index (χ4n) is 2.57. The summed E-state index contributed by atoms with van der Waals surface area (Å²) < 4.78 is 5.44. The van der Waals surface area contributed by atoms with Gasteiger partial charge in [0.25, 0.3) is 5.91 Å². The molecular formula is C16H25N3O2. The lowest BCUT2D eigenvalue weighted by Crippen LogP contribution is -2.29. The van der Waals surface area contributed by atoms with Crippen LogP contribution in [0.3, 0.4) is 0 Å². The van der Waals surface area contributed by atoms with Gasteiger partial charge in [0.05, 0.1) is 0 Å². The van der Waals surface area contributed by atoms with Gasteiger partial charge in [-0.15, -0.1) is 0 Å². The average Bonchev–Trinajstić information content (AvgIpc) is 2.52. The Morgan fingerprint density at radius 2 is 2.10 bits per heavy atom. The maximum atomic E-state index is 11.2. The van der Waals surface area contributed by atoms with Gasteiger partial charge in [-0.1, -0.05) is 6.07 Å². The summed E-state index contributed by atoms with van der Waals surface area (Å²) in [6.07, 6.45) is 4.64. The first kappa shape index (κ1) is 15.6. The van der Waals surface area contributed by atoms with Crippen LogP contribution in [-0.2, 0) is 4.79 Å². The molecule has 0 unspecified atom stereocenters. The number of rotatable bonds is 6. The molecule has 0 aromatic heterocycles. The van der Waals surface area contributed by atoms with Gasteiger partial charge in [-0.05, 0) is 43.7 Å². The molecule has 1 aromatic carbocycles. The number of ether oxygens (including phenoxy) is 1. The summed E-state index contributed by atoms with van der Waals surface area (Å²) in [6, 6.07) is 8.12. The molecule has 0 bridgehead atoms. The summed E-state index contributed by atoms with van der Waals surface area (Å²) in [5.74, 6) is 1.27. The molecule has 0 heterocycles. The van der Waals surface area contributed by atoms with Crippen LogP contribution in [0, 0.1) is 5.92 Å². The minimum atomic E-state index is -0.132. The Labute approximate surface area is 126 Å². The minimum Gasteiger partial charge on any atom is -0.484 e. The summed E-state index contributed by atoms with van der Waals surface area (Å²) in [7, 11) is 1.60. The molecule has 1 aliphatic carbocycles. The zero-order chi connectivity index (χ0) is 15.1. The second-order valence-electron chi connectivity index (χ2n) is 5.65. The first-order valence-electron chi connectivity index (χ1n) is 7.60. The van der Waals surface area contributed by atoms with Crippen molar-refractivity contribution in [1.29, 1.82) is 0 Å². The number of benzene rings is 1. The van der Waals surface area contributed by atoms with E-state index in [-0.39, 0.29) is 12.5 Å². The first-order valence-corrected chi connectivity index (χ1v) is 7.60. The van der Waals surface area contributed by atoms with Crippen LogP contribution in [0.2, 0.25) is 0 Å². The van der Waals surface area contributed by atoms with Crippen molar-refractivity contribution in [1.82, 2.24) is 5.32 Å². The number of hydrogen-bond acceptors (Lipinski definition) is 4. The summed E-state index contributed by atoms with van der Waals surface area (Å²) in [5, 5.41) is 5.98. The number of anilines is 1. The molecular weight excluding hydrogens is 266 g/mol.